The molecular weight excluding hydrogens is 286 g/mol. The van der Waals surface area contributed by atoms with Crippen LogP contribution in [0.5, 0.6) is 0 Å². The van der Waals surface area contributed by atoms with Crippen LogP contribution in [0.15, 0.2) is 18.2 Å². The zero-order chi connectivity index (χ0) is 15.7. The first-order valence-electron chi connectivity index (χ1n) is 6.86. The summed E-state index contributed by atoms with van der Waals surface area (Å²) in [5.41, 5.74) is -1.64. The summed E-state index contributed by atoms with van der Waals surface area (Å²) in [4.78, 5) is 11.9. The van der Waals surface area contributed by atoms with Crippen molar-refractivity contribution in [3.05, 3.63) is 35.1 Å². The first kappa shape index (κ1) is 15.8. The van der Waals surface area contributed by atoms with Crippen molar-refractivity contribution < 1.29 is 22.4 Å². The quantitative estimate of drug-likeness (QED) is 0.835. The van der Waals surface area contributed by atoms with Gasteiger partial charge in [-0.1, -0.05) is 19.8 Å². The molecule has 0 aromatic heterocycles. The molecule has 0 saturated heterocycles. The van der Waals surface area contributed by atoms with Crippen molar-refractivity contribution in [1.29, 1.82) is 0 Å². The van der Waals surface area contributed by atoms with Crippen LogP contribution in [0.1, 0.15) is 48.5 Å². The van der Waals surface area contributed by atoms with Crippen LogP contribution in [0, 0.1) is 11.2 Å². The van der Waals surface area contributed by atoms with Gasteiger partial charge in [-0.2, -0.15) is 13.2 Å². The van der Waals surface area contributed by atoms with Gasteiger partial charge in [-0.05, 0) is 36.5 Å². The number of hydrogen-bond donors (Lipinski definition) is 1. The fraction of sp³-hybridized carbons (Fsp3) is 0.533. The molecular formula is C15H17F4NO. The lowest BCUT2D eigenvalue weighted by Gasteiger charge is -2.23. The molecule has 0 aliphatic heterocycles. The first-order valence-corrected chi connectivity index (χ1v) is 6.86. The fourth-order valence-electron chi connectivity index (χ4n) is 2.67. The predicted molar refractivity (Wildman–Crippen MR) is 70.3 cm³/mol. The second-order valence-electron chi connectivity index (χ2n) is 5.89. The van der Waals surface area contributed by atoms with Gasteiger partial charge in [0.1, 0.15) is 5.82 Å². The summed E-state index contributed by atoms with van der Waals surface area (Å²) in [5, 5.41) is 2.55. The minimum Gasteiger partial charge on any atom is -0.351 e. The van der Waals surface area contributed by atoms with Crippen molar-refractivity contribution in [2.45, 2.75) is 38.8 Å². The Hall–Kier alpha value is -1.59. The van der Waals surface area contributed by atoms with Crippen molar-refractivity contribution in [3.63, 3.8) is 0 Å². The summed E-state index contributed by atoms with van der Waals surface area (Å²) in [6.07, 6.45) is -0.536. The lowest BCUT2D eigenvalue weighted by molar-refractivity contribution is -0.137. The third-order valence-electron chi connectivity index (χ3n) is 4.02. The molecule has 2 rings (SSSR count). The minimum absolute atomic E-state index is 0.0478. The standard InChI is InChI=1S/C15H17F4NO/c1-14(6-2-3-7-14)9-20-13(21)11-8-10(15(17,18)19)4-5-12(11)16/h4-5,8H,2-3,6-7,9H2,1H3,(H,20,21). The molecule has 116 valence electrons. The maximum absolute atomic E-state index is 13.6. The molecule has 1 saturated carbocycles. The number of halogens is 4. The highest BCUT2D eigenvalue weighted by Crippen LogP contribution is 2.36. The molecule has 1 fully saturated rings. The van der Waals surface area contributed by atoms with E-state index >= 15 is 0 Å². The van der Waals surface area contributed by atoms with E-state index in [4.69, 9.17) is 0 Å². The van der Waals surface area contributed by atoms with Crippen LogP contribution >= 0.6 is 0 Å². The van der Waals surface area contributed by atoms with E-state index in [0.29, 0.717) is 24.7 Å². The molecule has 21 heavy (non-hydrogen) atoms. The molecule has 0 spiro atoms. The molecule has 1 aliphatic rings. The second kappa shape index (κ2) is 5.66. The largest absolute Gasteiger partial charge is 0.416 e. The van der Waals surface area contributed by atoms with Gasteiger partial charge in [0.05, 0.1) is 11.1 Å². The van der Waals surface area contributed by atoms with Crippen LogP contribution in [0.4, 0.5) is 17.6 Å². The van der Waals surface area contributed by atoms with Gasteiger partial charge in [-0.3, -0.25) is 4.79 Å². The zero-order valence-corrected chi connectivity index (χ0v) is 11.7. The number of amides is 1. The number of benzene rings is 1. The Kier molecular flexibility index (Phi) is 4.25. The third kappa shape index (κ3) is 3.74. The van der Waals surface area contributed by atoms with Gasteiger partial charge in [-0.15, -0.1) is 0 Å². The van der Waals surface area contributed by atoms with Gasteiger partial charge < -0.3 is 5.32 Å². The summed E-state index contributed by atoms with van der Waals surface area (Å²) in [6, 6.07) is 1.86. The van der Waals surface area contributed by atoms with E-state index < -0.39 is 29.0 Å². The molecule has 1 aromatic rings. The van der Waals surface area contributed by atoms with Gasteiger partial charge in [-0.25, -0.2) is 4.39 Å². The number of rotatable bonds is 3. The van der Waals surface area contributed by atoms with Crippen LogP contribution < -0.4 is 5.32 Å². The Bertz CT molecular complexity index is 533. The number of carbonyl (C=O) groups is 1. The highest BCUT2D eigenvalue weighted by molar-refractivity contribution is 5.94. The third-order valence-corrected chi connectivity index (χ3v) is 4.02. The molecule has 0 atom stereocenters. The van der Waals surface area contributed by atoms with E-state index in [1.807, 2.05) is 6.92 Å². The Morgan fingerprint density at radius 1 is 1.29 bits per heavy atom. The fourth-order valence-corrected chi connectivity index (χ4v) is 2.67. The monoisotopic (exact) mass is 303 g/mol. The Balaban J connectivity index is 2.11. The lowest BCUT2D eigenvalue weighted by Crippen LogP contribution is -2.34. The van der Waals surface area contributed by atoms with Gasteiger partial charge in [0.2, 0.25) is 0 Å². The highest BCUT2D eigenvalue weighted by Gasteiger charge is 2.33. The Morgan fingerprint density at radius 2 is 1.90 bits per heavy atom. The van der Waals surface area contributed by atoms with Gasteiger partial charge in [0.15, 0.2) is 0 Å². The van der Waals surface area contributed by atoms with Crippen molar-refractivity contribution >= 4 is 5.91 Å². The number of hydrogen-bond acceptors (Lipinski definition) is 1. The molecule has 1 aliphatic carbocycles. The SMILES string of the molecule is CC1(CNC(=O)c2cc(C(F)(F)F)ccc2F)CCCC1. The summed E-state index contributed by atoms with van der Waals surface area (Å²) in [5.74, 6) is -1.75. The van der Waals surface area contributed by atoms with Gasteiger partial charge in [0.25, 0.3) is 5.91 Å². The molecule has 0 unspecified atom stereocenters. The van der Waals surface area contributed by atoms with Crippen molar-refractivity contribution in [3.8, 4) is 0 Å². The molecule has 1 N–H and O–H groups in total. The lowest BCUT2D eigenvalue weighted by atomic mass is 9.89. The molecule has 0 bridgehead atoms. The average molecular weight is 303 g/mol. The summed E-state index contributed by atoms with van der Waals surface area (Å²) < 4.78 is 51.4. The van der Waals surface area contributed by atoms with Crippen LogP contribution in [-0.2, 0) is 6.18 Å². The van der Waals surface area contributed by atoms with Crippen LogP contribution in [0.3, 0.4) is 0 Å². The molecule has 6 heteroatoms. The topological polar surface area (TPSA) is 29.1 Å². The van der Waals surface area contributed by atoms with E-state index in [2.05, 4.69) is 5.32 Å². The molecule has 0 radical (unpaired) electrons. The molecule has 0 heterocycles. The van der Waals surface area contributed by atoms with Crippen molar-refractivity contribution in [2.24, 2.45) is 5.41 Å². The van der Waals surface area contributed by atoms with E-state index in [1.54, 1.807) is 0 Å². The minimum atomic E-state index is -4.60. The van der Waals surface area contributed by atoms with Crippen LogP contribution in [0.25, 0.3) is 0 Å². The van der Waals surface area contributed by atoms with Crippen molar-refractivity contribution in [2.75, 3.05) is 6.54 Å². The van der Waals surface area contributed by atoms with Crippen LogP contribution in [-0.4, -0.2) is 12.5 Å². The van der Waals surface area contributed by atoms with E-state index in [9.17, 15) is 22.4 Å². The maximum atomic E-state index is 13.6. The summed E-state index contributed by atoms with van der Waals surface area (Å²) >= 11 is 0. The number of nitrogens with one attached hydrogen (secondary N) is 1. The smallest absolute Gasteiger partial charge is 0.351 e. The van der Waals surface area contributed by atoms with Gasteiger partial charge >= 0.3 is 6.18 Å². The van der Waals surface area contributed by atoms with E-state index in [-0.39, 0.29) is 5.41 Å². The number of alkyl halides is 3. The maximum Gasteiger partial charge on any atom is 0.416 e. The predicted octanol–water partition coefficient (Wildman–Crippen LogP) is 4.15. The normalized spacial score (nSPS) is 17.8. The van der Waals surface area contributed by atoms with E-state index in [0.717, 1.165) is 25.7 Å². The molecule has 2 nitrogen and oxygen atoms in total. The number of carbonyl (C=O) groups excluding carboxylic acids is 1. The van der Waals surface area contributed by atoms with Crippen LogP contribution in [0.2, 0.25) is 0 Å². The molecule has 1 amide bonds. The first-order chi connectivity index (χ1) is 9.71. The highest BCUT2D eigenvalue weighted by atomic mass is 19.4. The average Bonchev–Trinajstić information content (AvgIpc) is 2.83. The summed E-state index contributed by atoms with van der Waals surface area (Å²) in [7, 11) is 0. The Morgan fingerprint density at radius 3 is 2.48 bits per heavy atom. The molecule has 1 aromatic carbocycles. The van der Waals surface area contributed by atoms with Gasteiger partial charge in [0, 0.05) is 6.54 Å². The second-order valence-corrected chi connectivity index (χ2v) is 5.89. The summed E-state index contributed by atoms with van der Waals surface area (Å²) in [6.45, 7) is 2.37. The van der Waals surface area contributed by atoms with Crippen molar-refractivity contribution in [1.82, 2.24) is 5.32 Å². The zero-order valence-electron chi connectivity index (χ0n) is 11.7. The Labute approximate surface area is 120 Å². The van der Waals surface area contributed by atoms with E-state index in [1.165, 1.54) is 0 Å².